The summed E-state index contributed by atoms with van der Waals surface area (Å²) in [7, 11) is 0. The first-order chi connectivity index (χ1) is 12.4. The molecule has 1 aliphatic rings. The Balaban J connectivity index is 0.00000261. The van der Waals surface area contributed by atoms with Gasteiger partial charge in [0, 0.05) is 28.0 Å². The summed E-state index contributed by atoms with van der Waals surface area (Å²) < 4.78 is 40.5. The second-order valence-electron chi connectivity index (χ2n) is 5.56. The number of hydrogen-bond acceptors (Lipinski definition) is 3. The van der Waals surface area contributed by atoms with E-state index in [9.17, 15) is 22.8 Å². The molecule has 0 radical (unpaired) electrons. The Morgan fingerprint density at radius 3 is 2.44 bits per heavy atom. The summed E-state index contributed by atoms with van der Waals surface area (Å²) in [5, 5.41) is 13.6. The molecule has 1 unspecified atom stereocenters. The number of amides is 2. The molecule has 2 aromatic rings. The van der Waals surface area contributed by atoms with Crippen molar-refractivity contribution in [3.05, 3.63) is 58.9 Å². The van der Waals surface area contributed by atoms with Gasteiger partial charge >= 0.3 is 6.09 Å². The highest BCUT2D eigenvalue weighted by atomic mass is 35.5. The van der Waals surface area contributed by atoms with Crippen LogP contribution in [-0.4, -0.2) is 22.9 Å². The lowest BCUT2D eigenvalue weighted by atomic mass is 10.00. The van der Waals surface area contributed by atoms with Crippen LogP contribution in [0.5, 0.6) is 0 Å². The Hall–Kier alpha value is -2.39. The Kier molecular flexibility index (Phi) is 6.61. The molecule has 0 spiro atoms. The maximum atomic E-state index is 14.3. The monoisotopic (exact) mass is 418 g/mol. The molecule has 1 atom stereocenters. The van der Waals surface area contributed by atoms with Crippen molar-refractivity contribution in [2.75, 3.05) is 11.1 Å². The van der Waals surface area contributed by atoms with Gasteiger partial charge < -0.3 is 15.7 Å². The first-order valence-corrected chi connectivity index (χ1v) is 8.56. The van der Waals surface area contributed by atoms with Crippen LogP contribution in [0.2, 0.25) is 0 Å². The van der Waals surface area contributed by atoms with Crippen LogP contribution >= 0.6 is 24.2 Å². The molecule has 10 heteroatoms. The number of carbonyl (C=O) groups is 2. The number of nitrogens with one attached hydrogen (secondary N) is 2. The Bertz CT molecular complexity index is 898. The maximum Gasteiger partial charge on any atom is 0.405 e. The van der Waals surface area contributed by atoms with Crippen molar-refractivity contribution in [2.24, 2.45) is 0 Å². The molecule has 0 fully saturated rings. The van der Waals surface area contributed by atoms with Crippen molar-refractivity contribution in [1.29, 1.82) is 0 Å². The van der Waals surface area contributed by atoms with Crippen molar-refractivity contribution >= 4 is 41.9 Å². The summed E-state index contributed by atoms with van der Waals surface area (Å²) in [5.41, 5.74) is 0.294. The third-order valence-corrected chi connectivity index (χ3v) is 5.03. The molecule has 0 aliphatic carbocycles. The van der Waals surface area contributed by atoms with Gasteiger partial charge in [-0.2, -0.15) is 0 Å². The van der Waals surface area contributed by atoms with Gasteiger partial charge in [0.1, 0.15) is 5.82 Å². The normalized spacial score (nSPS) is 15.3. The third-order valence-electron chi connectivity index (χ3n) is 3.86. The second-order valence-corrected chi connectivity index (χ2v) is 6.67. The van der Waals surface area contributed by atoms with Gasteiger partial charge in [0.15, 0.2) is 11.6 Å². The van der Waals surface area contributed by atoms with E-state index in [0.29, 0.717) is 17.1 Å². The molecule has 3 rings (SSSR count). The van der Waals surface area contributed by atoms with E-state index in [0.717, 1.165) is 18.2 Å². The van der Waals surface area contributed by atoms with E-state index in [1.165, 1.54) is 23.9 Å². The molecule has 1 heterocycles. The first-order valence-electron chi connectivity index (χ1n) is 7.58. The lowest BCUT2D eigenvalue weighted by Crippen LogP contribution is -2.30. The zero-order valence-corrected chi connectivity index (χ0v) is 15.2. The summed E-state index contributed by atoms with van der Waals surface area (Å²) in [6.45, 7) is 0. The number of benzene rings is 2. The van der Waals surface area contributed by atoms with Crippen LogP contribution in [0.1, 0.15) is 28.4 Å². The molecule has 27 heavy (non-hydrogen) atoms. The van der Waals surface area contributed by atoms with Crippen LogP contribution in [-0.2, 0) is 0 Å². The van der Waals surface area contributed by atoms with Crippen molar-refractivity contribution in [3.63, 3.8) is 0 Å². The van der Waals surface area contributed by atoms with Crippen molar-refractivity contribution in [3.8, 4) is 0 Å². The molecule has 3 N–H and O–H groups in total. The summed E-state index contributed by atoms with van der Waals surface area (Å²) >= 11 is 1.24. The van der Waals surface area contributed by atoms with Crippen molar-refractivity contribution in [2.45, 2.75) is 17.4 Å². The van der Waals surface area contributed by atoms with Crippen LogP contribution in [0.15, 0.2) is 35.2 Å². The number of hydrogen-bond donors (Lipinski definition) is 3. The predicted molar refractivity (Wildman–Crippen MR) is 97.2 cm³/mol. The molecule has 2 aromatic carbocycles. The van der Waals surface area contributed by atoms with Gasteiger partial charge in [-0.05, 0) is 30.7 Å². The molecule has 0 aromatic heterocycles. The number of fused-ring (bicyclic) bond motifs is 1. The smallest absolute Gasteiger partial charge is 0.405 e. The van der Waals surface area contributed by atoms with E-state index in [-0.39, 0.29) is 29.2 Å². The standard InChI is InChI=1S/C17H13F3N2O3S.ClH/c18-10-3-1-8(7-12(10)20)21-16(23)9-2-4-11(19)14-13(22-17(24)25)5-6-26-15(9)14;/h1-4,7,13,22H,5-6H2,(H,21,23)(H,24,25);1H. The van der Waals surface area contributed by atoms with Gasteiger partial charge in [0.05, 0.1) is 11.6 Å². The molecule has 0 saturated carbocycles. The van der Waals surface area contributed by atoms with E-state index in [2.05, 4.69) is 10.6 Å². The molecule has 0 saturated heterocycles. The van der Waals surface area contributed by atoms with E-state index in [1.807, 2.05) is 0 Å². The van der Waals surface area contributed by atoms with Gasteiger partial charge in [-0.3, -0.25) is 4.79 Å². The molecule has 2 amide bonds. The molecule has 5 nitrogen and oxygen atoms in total. The summed E-state index contributed by atoms with van der Waals surface area (Å²) in [6, 6.07) is 4.52. The van der Waals surface area contributed by atoms with Crippen LogP contribution in [0.3, 0.4) is 0 Å². The zero-order valence-electron chi connectivity index (χ0n) is 13.6. The van der Waals surface area contributed by atoms with Gasteiger partial charge in [-0.15, -0.1) is 24.2 Å². The highest BCUT2D eigenvalue weighted by Gasteiger charge is 2.29. The van der Waals surface area contributed by atoms with Crippen LogP contribution < -0.4 is 10.6 Å². The average Bonchev–Trinajstić information content (AvgIpc) is 2.58. The SMILES string of the molecule is Cl.O=C(O)NC1CCSc2c(C(=O)Nc3ccc(F)c(F)c3)ccc(F)c21. The molecule has 1 aliphatic heterocycles. The number of carbonyl (C=O) groups excluding carboxylic acids is 1. The van der Waals surface area contributed by atoms with E-state index in [4.69, 9.17) is 5.11 Å². The first kappa shape index (κ1) is 20.9. The lowest BCUT2D eigenvalue weighted by Gasteiger charge is -2.27. The Morgan fingerprint density at radius 1 is 1.07 bits per heavy atom. The minimum atomic E-state index is -1.29. The fraction of sp³-hybridized carbons (Fsp3) is 0.176. The summed E-state index contributed by atoms with van der Waals surface area (Å²) in [5.74, 6) is -2.90. The second kappa shape index (κ2) is 8.53. The highest BCUT2D eigenvalue weighted by Crippen LogP contribution is 2.40. The highest BCUT2D eigenvalue weighted by molar-refractivity contribution is 7.99. The minimum Gasteiger partial charge on any atom is -0.465 e. The zero-order chi connectivity index (χ0) is 18.8. The van der Waals surface area contributed by atoms with Crippen molar-refractivity contribution in [1.82, 2.24) is 5.32 Å². The number of rotatable bonds is 3. The summed E-state index contributed by atoms with van der Waals surface area (Å²) in [6.07, 6.45) is -0.904. The molecule has 144 valence electrons. The van der Waals surface area contributed by atoms with Gasteiger partial charge in [0.2, 0.25) is 0 Å². The summed E-state index contributed by atoms with van der Waals surface area (Å²) in [4.78, 5) is 23.8. The molecule has 0 bridgehead atoms. The van der Waals surface area contributed by atoms with Gasteiger partial charge in [0.25, 0.3) is 5.91 Å². The van der Waals surface area contributed by atoms with Gasteiger partial charge in [-0.25, -0.2) is 18.0 Å². The van der Waals surface area contributed by atoms with Gasteiger partial charge in [-0.1, -0.05) is 0 Å². The number of carboxylic acid groups (broad SMARTS) is 1. The van der Waals surface area contributed by atoms with E-state index in [1.54, 1.807) is 0 Å². The lowest BCUT2D eigenvalue weighted by molar-refractivity contribution is 0.102. The van der Waals surface area contributed by atoms with Crippen LogP contribution in [0.25, 0.3) is 0 Å². The maximum absolute atomic E-state index is 14.3. The Morgan fingerprint density at radius 2 is 1.78 bits per heavy atom. The number of halogens is 4. The molecular weight excluding hydrogens is 405 g/mol. The fourth-order valence-corrected chi connectivity index (χ4v) is 3.99. The predicted octanol–water partition coefficient (Wildman–Crippen LogP) is 4.58. The average molecular weight is 419 g/mol. The molecular formula is C17H14ClF3N2O3S. The minimum absolute atomic E-state index is 0. The van der Waals surface area contributed by atoms with E-state index >= 15 is 0 Å². The topological polar surface area (TPSA) is 78.4 Å². The largest absolute Gasteiger partial charge is 0.465 e. The fourth-order valence-electron chi connectivity index (χ4n) is 2.72. The van der Waals surface area contributed by atoms with Crippen molar-refractivity contribution < 1.29 is 27.9 Å². The number of thioether (sulfide) groups is 1. The third kappa shape index (κ3) is 4.48. The Labute approximate surface area is 162 Å². The van der Waals surface area contributed by atoms with Crippen LogP contribution in [0.4, 0.5) is 23.7 Å². The number of anilines is 1. The van der Waals surface area contributed by atoms with E-state index < -0.39 is 35.5 Å². The van der Waals surface area contributed by atoms with Crippen LogP contribution in [0, 0.1) is 17.5 Å². The quantitative estimate of drug-likeness (QED) is 0.681.